The van der Waals surface area contributed by atoms with Crippen molar-refractivity contribution in [2.24, 2.45) is 5.92 Å². The van der Waals surface area contributed by atoms with Gasteiger partial charge in [0.05, 0.1) is 3.23 Å². The highest BCUT2D eigenvalue weighted by molar-refractivity contribution is 9.25. The zero-order valence-corrected chi connectivity index (χ0v) is 15.1. The molecule has 2 rings (SSSR count). The number of hydrogen-bond donors (Lipinski definition) is 0. The molecule has 0 amide bonds. The van der Waals surface area contributed by atoms with E-state index in [4.69, 9.17) is 0 Å². The van der Waals surface area contributed by atoms with E-state index in [9.17, 15) is 0 Å². The maximum atomic E-state index is 3.90. The molecule has 0 unspecified atom stereocenters. The normalized spacial score (nSPS) is 31.3. The van der Waals surface area contributed by atoms with Gasteiger partial charge < -0.3 is 0 Å². The number of rotatable bonds is 3. The van der Waals surface area contributed by atoms with Gasteiger partial charge in [-0.1, -0.05) is 94.8 Å². The Morgan fingerprint density at radius 1 is 1.12 bits per heavy atom. The van der Waals surface area contributed by atoms with Crippen molar-refractivity contribution in [2.75, 3.05) is 0 Å². The van der Waals surface area contributed by atoms with Gasteiger partial charge in [-0.3, -0.25) is 0 Å². The zero-order chi connectivity index (χ0) is 12.9. The molecular formula is C14H20Br2Si. The van der Waals surface area contributed by atoms with Crippen LogP contribution in [0.3, 0.4) is 0 Å². The first-order valence-corrected chi connectivity index (χ1v) is 11.4. The van der Waals surface area contributed by atoms with E-state index in [1.54, 1.807) is 0 Å². The summed E-state index contributed by atoms with van der Waals surface area (Å²) in [6.45, 7) is 9.73. The number of alkyl halides is 2. The maximum Gasteiger partial charge on any atom is 0.0936 e. The van der Waals surface area contributed by atoms with E-state index >= 15 is 0 Å². The van der Waals surface area contributed by atoms with Crippen molar-refractivity contribution in [3.8, 4) is 0 Å². The molecule has 0 radical (unpaired) electrons. The molecule has 1 aromatic rings. The third-order valence-corrected chi connectivity index (χ3v) is 8.32. The summed E-state index contributed by atoms with van der Waals surface area (Å²) in [5, 5.41) is 0. The summed E-state index contributed by atoms with van der Waals surface area (Å²) in [6, 6.07) is 12.2. The molecule has 17 heavy (non-hydrogen) atoms. The molecule has 0 bridgehead atoms. The molecule has 1 aromatic carbocycles. The highest BCUT2D eigenvalue weighted by Gasteiger charge is 2.72. The Bertz CT molecular complexity index is 408. The van der Waals surface area contributed by atoms with Gasteiger partial charge in [0.15, 0.2) is 0 Å². The van der Waals surface area contributed by atoms with E-state index in [0.717, 1.165) is 0 Å². The molecular weight excluding hydrogens is 356 g/mol. The second kappa shape index (κ2) is 4.21. The Hall–Kier alpha value is 0.397. The lowest BCUT2D eigenvalue weighted by atomic mass is 9.96. The van der Waals surface area contributed by atoms with Gasteiger partial charge >= 0.3 is 0 Å². The number of benzene rings is 1. The van der Waals surface area contributed by atoms with Crippen LogP contribution < -0.4 is 0 Å². The minimum atomic E-state index is -1.03. The fourth-order valence-corrected chi connectivity index (χ4v) is 7.30. The summed E-state index contributed by atoms with van der Waals surface area (Å²) in [5.74, 6) is 0.698. The molecule has 1 aliphatic carbocycles. The lowest BCUT2D eigenvalue weighted by Gasteiger charge is -2.18. The van der Waals surface area contributed by atoms with Crippen LogP contribution in [0.25, 0.3) is 0 Å². The predicted octanol–water partition coefficient (Wildman–Crippen LogP) is 5.40. The lowest BCUT2D eigenvalue weighted by molar-refractivity contribution is 0.695. The lowest BCUT2D eigenvalue weighted by Crippen LogP contribution is -2.22. The minimum absolute atomic E-state index is 0.0919. The number of halogens is 2. The molecule has 3 heteroatoms. The van der Waals surface area contributed by atoms with Crippen molar-refractivity contribution in [1.82, 2.24) is 0 Å². The summed E-state index contributed by atoms with van der Waals surface area (Å²) in [5.41, 5.74) is 1.67. The first kappa shape index (κ1) is 13.8. The Labute approximate surface area is 122 Å². The van der Waals surface area contributed by atoms with Gasteiger partial charge in [-0.05, 0) is 11.5 Å². The van der Waals surface area contributed by atoms with Gasteiger partial charge in [-0.15, -0.1) is 0 Å². The minimum Gasteiger partial charge on any atom is -0.0714 e. The van der Waals surface area contributed by atoms with Gasteiger partial charge in [0.2, 0.25) is 0 Å². The van der Waals surface area contributed by atoms with Crippen LogP contribution in [-0.2, 0) is 5.41 Å². The highest BCUT2D eigenvalue weighted by atomic mass is 79.9. The van der Waals surface area contributed by atoms with Crippen LogP contribution >= 0.6 is 31.9 Å². The molecule has 0 spiro atoms. The highest BCUT2D eigenvalue weighted by Crippen LogP contribution is 2.73. The SMILES string of the molecule is C[C@]1(c2ccccc2)[C@H](C[Si](C)(C)C)C1(Br)Br. The largest absolute Gasteiger partial charge is 0.0936 e. The Balaban J connectivity index is 2.28. The Morgan fingerprint density at radius 2 is 1.65 bits per heavy atom. The van der Waals surface area contributed by atoms with Crippen molar-refractivity contribution < 1.29 is 0 Å². The van der Waals surface area contributed by atoms with Crippen LogP contribution in [0, 0.1) is 5.92 Å². The quantitative estimate of drug-likeness (QED) is 0.490. The number of hydrogen-bond acceptors (Lipinski definition) is 0. The van der Waals surface area contributed by atoms with Crippen LogP contribution in [0.1, 0.15) is 12.5 Å². The molecule has 0 heterocycles. The standard InChI is InChI=1S/C14H20Br2Si/c1-13(11-8-6-5-7-9-11)12(14(13,15)16)10-17(2,3)4/h5-9,12H,10H2,1-4H3/t12-,13-/m0/s1. The molecule has 1 aliphatic rings. The smallest absolute Gasteiger partial charge is 0.0714 e. The van der Waals surface area contributed by atoms with Crippen LogP contribution in [-0.4, -0.2) is 11.3 Å². The predicted molar refractivity (Wildman–Crippen MR) is 86.0 cm³/mol. The first-order valence-electron chi connectivity index (χ1n) is 6.13. The van der Waals surface area contributed by atoms with Crippen molar-refractivity contribution in [3.05, 3.63) is 35.9 Å². The van der Waals surface area contributed by atoms with E-state index < -0.39 is 8.07 Å². The molecule has 1 saturated carbocycles. The Kier molecular flexibility index (Phi) is 3.42. The van der Waals surface area contributed by atoms with E-state index in [1.165, 1.54) is 11.6 Å². The molecule has 0 nitrogen and oxygen atoms in total. The third-order valence-electron chi connectivity index (χ3n) is 3.93. The molecule has 1 fully saturated rings. The maximum absolute atomic E-state index is 3.90. The van der Waals surface area contributed by atoms with E-state index in [0.29, 0.717) is 5.92 Å². The van der Waals surface area contributed by atoms with E-state index in [1.807, 2.05) is 0 Å². The van der Waals surface area contributed by atoms with Crippen molar-refractivity contribution in [1.29, 1.82) is 0 Å². The van der Waals surface area contributed by atoms with Crippen molar-refractivity contribution in [3.63, 3.8) is 0 Å². The van der Waals surface area contributed by atoms with Crippen LogP contribution in [0.2, 0.25) is 25.7 Å². The van der Waals surface area contributed by atoms with Crippen molar-refractivity contribution in [2.45, 2.75) is 41.3 Å². The monoisotopic (exact) mass is 374 g/mol. The van der Waals surface area contributed by atoms with Gasteiger partial charge in [-0.2, -0.15) is 0 Å². The average molecular weight is 376 g/mol. The van der Waals surface area contributed by atoms with E-state index in [-0.39, 0.29) is 8.65 Å². The topological polar surface area (TPSA) is 0 Å². The van der Waals surface area contributed by atoms with E-state index in [2.05, 4.69) is 88.8 Å². The van der Waals surface area contributed by atoms with Crippen LogP contribution in [0.15, 0.2) is 30.3 Å². The van der Waals surface area contributed by atoms with Crippen LogP contribution in [0.5, 0.6) is 0 Å². The fraction of sp³-hybridized carbons (Fsp3) is 0.571. The molecule has 0 aromatic heterocycles. The first-order chi connectivity index (χ1) is 7.69. The van der Waals surface area contributed by atoms with Crippen molar-refractivity contribution >= 4 is 39.9 Å². The second-order valence-electron chi connectivity index (χ2n) is 6.51. The summed E-state index contributed by atoms with van der Waals surface area (Å²) < 4.78 is 0.0919. The molecule has 2 atom stereocenters. The van der Waals surface area contributed by atoms with Crippen LogP contribution in [0.4, 0.5) is 0 Å². The third kappa shape index (κ3) is 2.31. The fourth-order valence-electron chi connectivity index (χ4n) is 2.74. The van der Waals surface area contributed by atoms with Gasteiger partial charge in [0.1, 0.15) is 0 Å². The van der Waals surface area contributed by atoms with Gasteiger partial charge in [0, 0.05) is 13.5 Å². The second-order valence-corrected chi connectivity index (χ2v) is 15.6. The summed E-state index contributed by atoms with van der Waals surface area (Å²) in [6.07, 6.45) is 0. The summed E-state index contributed by atoms with van der Waals surface area (Å²) in [4.78, 5) is 0. The molecule has 0 aliphatic heterocycles. The average Bonchev–Trinajstić information content (AvgIpc) is 2.64. The molecule has 0 saturated heterocycles. The molecule has 94 valence electrons. The van der Waals surface area contributed by atoms with Gasteiger partial charge in [-0.25, -0.2) is 0 Å². The summed E-state index contributed by atoms with van der Waals surface area (Å²) >= 11 is 7.81. The zero-order valence-electron chi connectivity index (χ0n) is 10.9. The summed E-state index contributed by atoms with van der Waals surface area (Å²) in [7, 11) is -1.03. The Morgan fingerprint density at radius 3 is 2.12 bits per heavy atom. The molecule has 0 N–H and O–H groups in total. The van der Waals surface area contributed by atoms with Gasteiger partial charge in [0.25, 0.3) is 0 Å².